The normalized spacial score (nSPS) is 13.2. The first kappa shape index (κ1) is 17.1. The van der Waals surface area contributed by atoms with Crippen LogP contribution in [0.4, 0.5) is 0 Å². The predicted octanol–water partition coefficient (Wildman–Crippen LogP) is 1.28. The number of carbonyl (C=O) groups excluding carboxylic acids is 1. The van der Waals surface area contributed by atoms with Crippen molar-refractivity contribution in [1.29, 1.82) is 0 Å². The van der Waals surface area contributed by atoms with E-state index < -0.39 is 16.0 Å². The highest BCUT2D eigenvalue weighted by molar-refractivity contribution is 7.89. The molecule has 1 aromatic rings. The standard InChI is InChI=1S/C12H19NO5S2/c1-8-7-19-10(12(15)18-3)11(8)20(16,17)13-9(2)5-4-6-14/h7,9,13-14H,4-6H2,1-3H3. The summed E-state index contributed by atoms with van der Waals surface area (Å²) in [5, 5.41) is 10.4. The lowest BCUT2D eigenvalue weighted by Gasteiger charge is -2.14. The SMILES string of the molecule is COC(=O)c1scc(C)c1S(=O)(=O)NC(C)CCCO. The molecule has 1 heterocycles. The second-order valence-corrected chi connectivity index (χ2v) is 6.99. The molecule has 8 heteroatoms. The molecule has 0 aliphatic carbocycles. The number of aliphatic hydroxyl groups is 1. The number of ether oxygens (including phenoxy) is 1. The average molecular weight is 321 g/mol. The van der Waals surface area contributed by atoms with Gasteiger partial charge < -0.3 is 9.84 Å². The first-order valence-electron chi connectivity index (χ1n) is 6.13. The predicted molar refractivity (Wildman–Crippen MR) is 76.5 cm³/mol. The van der Waals surface area contributed by atoms with Crippen molar-refractivity contribution in [2.45, 2.75) is 37.6 Å². The number of methoxy groups -OCH3 is 1. The van der Waals surface area contributed by atoms with E-state index in [4.69, 9.17) is 5.11 Å². The number of nitrogens with one attached hydrogen (secondary N) is 1. The summed E-state index contributed by atoms with van der Waals surface area (Å²) in [5.74, 6) is -0.661. The number of hydrogen-bond acceptors (Lipinski definition) is 6. The largest absolute Gasteiger partial charge is 0.465 e. The molecular formula is C12H19NO5S2. The molecule has 0 spiro atoms. The van der Waals surface area contributed by atoms with E-state index in [0.717, 1.165) is 11.3 Å². The van der Waals surface area contributed by atoms with Crippen LogP contribution in [0.3, 0.4) is 0 Å². The second-order valence-electron chi connectivity index (χ2n) is 4.46. The van der Waals surface area contributed by atoms with Crippen LogP contribution in [0.15, 0.2) is 10.3 Å². The van der Waals surface area contributed by atoms with Gasteiger partial charge in [0.25, 0.3) is 0 Å². The van der Waals surface area contributed by atoms with Crippen LogP contribution in [0.5, 0.6) is 0 Å². The zero-order valence-corrected chi connectivity index (χ0v) is 13.3. The Morgan fingerprint density at radius 1 is 1.55 bits per heavy atom. The smallest absolute Gasteiger partial charge is 0.349 e. The lowest BCUT2D eigenvalue weighted by molar-refractivity contribution is 0.0602. The van der Waals surface area contributed by atoms with Gasteiger partial charge in [-0.2, -0.15) is 0 Å². The van der Waals surface area contributed by atoms with Crippen molar-refractivity contribution in [2.75, 3.05) is 13.7 Å². The van der Waals surface area contributed by atoms with Crippen LogP contribution < -0.4 is 4.72 Å². The Hall–Kier alpha value is -0.960. The molecule has 1 aromatic heterocycles. The van der Waals surface area contributed by atoms with E-state index in [2.05, 4.69) is 9.46 Å². The molecule has 0 aliphatic rings. The topological polar surface area (TPSA) is 92.7 Å². The van der Waals surface area contributed by atoms with Crippen molar-refractivity contribution in [3.8, 4) is 0 Å². The van der Waals surface area contributed by atoms with E-state index in [0.29, 0.717) is 18.4 Å². The van der Waals surface area contributed by atoms with Gasteiger partial charge in [-0.25, -0.2) is 17.9 Å². The van der Waals surface area contributed by atoms with Crippen molar-refractivity contribution in [2.24, 2.45) is 0 Å². The monoisotopic (exact) mass is 321 g/mol. The molecule has 1 unspecified atom stereocenters. The highest BCUT2D eigenvalue weighted by Crippen LogP contribution is 2.27. The van der Waals surface area contributed by atoms with E-state index in [1.54, 1.807) is 19.2 Å². The highest BCUT2D eigenvalue weighted by Gasteiger charge is 2.28. The summed E-state index contributed by atoms with van der Waals surface area (Å²) in [4.78, 5) is 11.7. The average Bonchev–Trinajstić information content (AvgIpc) is 2.77. The molecule has 20 heavy (non-hydrogen) atoms. The van der Waals surface area contributed by atoms with Crippen LogP contribution >= 0.6 is 11.3 Å². The third kappa shape index (κ3) is 4.02. The Balaban J connectivity index is 3.04. The Labute approximate surface area is 122 Å². The van der Waals surface area contributed by atoms with Gasteiger partial charge in [0.1, 0.15) is 9.77 Å². The minimum Gasteiger partial charge on any atom is -0.465 e. The van der Waals surface area contributed by atoms with Crippen molar-refractivity contribution in [3.63, 3.8) is 0 Å². The van der Waals surface area contributed by atoms with Crippen molar-refractivity contribution >= 4 is 27.3 Å². The van der Waals surface area contributed by atoms with Gasteiger partial charge in [0.15, 0.2) is 0 Å². The maximum absolute atomic E-state index is 12.4. The highest BCUT2D eigenvalue weighted by atomic mass is 32.2. The third-order valence-corrected chi connectivity index (χ3v) is 5.69. The van der Waals surface area contributed by atoms with E-state index in [1.807, 2.05) is 0 Å². The zero-order chi connectivity index (χ0) is 15.3. The maximum atomic E-state index is 12.4. The Bertz CT molecular complexity index is 564. The van der Waals surface area contributed by atoms with Crippen molar-refractivity contribution < 1.29 is 23.1 Å². The van der Waals surface area contributed by atoms with Crippen LogP contribution in [0, 0.1) is 6.92 Å². The minimum atomic E-state index is -3.79. The number of esters is 1. The fourth-order valence-electron chi connectivity index (χ4n) is 1.78. The minimum absolute atomic E-state index is 0.0109. The summed E-state index contributed by atoms with van der Waals surface area (Å²) < 4.78 is 31.8. The number of hydrogen-bond donors (Lipinski definition) is 2. The number of sulfonamides is 1. The molecule has 0 saturated heterocycles. The molecule has 0 radical (unpaired) electrons. The number of rotatable bonds is 7. The summed E-state index contributed by atoms with van der Waals surface area (Å²) in [5.41, 5.74) is 0.511. The van der Waals surface area contributed by atoms with E-state index >= 15 is 0 Å². The van der Waals surface area contributed by atoms with Crippen LogP contribution in [-0.2, 0) is 14.8 Å². The summed E-state index contributed by atoms with van der Waals surface area (Å²) in [6, 6.07) is -0.322. The molecule has 0 saturated carbocycles. The summed E-state index contributed by atoms with van der Waals surface area (Å²) in [7, 11) is -2.57. The molecular weight excluding hydrogens is 302 g/mol. The molecule has 114 valence electrons. The molecule has 0 fully saturated rings. The molecule has 0 bridgehead atoms. The quantitative estimate of drug-likeness (QED) is 0.738. The fraction of sp³-hybridized carbons (Fsp3) is 0.583. The van der Waals surface area contributed by atoms with Crippen LogP contribution in [0.2, 0.25) is 0 Å². The molecule has 0 aromatic carbocycles. The van der Waals surface area contributed by atoms with Gasteiger partial charge in [0.05, 0.1) is 7.11 Å². The van der Waals surface area contributed by atoms with Crippen LogP contribution in [0.25, 0.3) is 0 Å². The summed E-state index contributed by atoms with van der Waals surface area (Å²) in [6.07, 6.45) is 1.03. The number of carbonyl (C=O) groups is 1. The zero-order valence-electron chi connectivity index (χ0n) is 11.7. The van der Waals surface area contributed by atoms with E-state index in [1.165, 1.54) is 7.11 Å². The van der Waals surface area contributed by atoms with Gasteiger partial charge in [-0.15, -0.1) is 11.3 Å². The molecule has 2 N–H and O–H groups in total. The molecule has 0 aliphatic heterocycles. The number of aryl methyl sites for hydroxylation is 1. The number of thiophene rings is 1. The van der Waals surface area contributed by atoms with Gasteiger partial charge in [0.2, 0.25) is 10.0 Å². The first-order valence-corrected chi connectivity index (χ1v) is 8.49. The third-order valence-electron chi connectivity index (χ3n) is 2.71. The van der Waals surface area contributed by atoms with E-state index in [-0.39, 0.29) is 22.4 Å². The van der Waals surface area contributed by atoms with Gasteiger partial charge >= 0.3 is 5.97 Å². The lowest BCUT2D eigenvalue weighted by Crippen LogP contribution is -2.33. The molecule has 6 nitrogen and oxygen atoms in total. The summed E-state index contributed by atoms with van der Waals surface area (Å²) in [6.45, 7) is 3.36. The molecule has 1 atom stereocenters. The van der Waals surface area contributed by atoms with Gasteiger partial charge in [-0.05, 0) is 37.6 Å². The Morgan fingerprint density at radius 3 is 2.75 bits per heavy atom. The van der Waals surface area contributed by atoms with Crippen molar-refractivity contribution in [1.82, 2.24) is 4.72 Å². The Morgan fingerprint density at radius 2 is 2.20 bits per heavy atom. The second kappa shape index (κ2) is 7.16. The van der Waals surface area contributed by atoms with Crippen LogP contribution in [0.1, 0.15) is 35.0 Å². The molecule has 1 rings (SSSR count). The summed E-state index contributed by atoms with van der Waals surface area (Å²) >= 11 is 1.05. The van der Waals surface area contributed by atoms with Gasteiger partial charge in [0, 0.05) is 12.6 Å². The van der Waals surface area contributed by atoms with Crippen LogP contribution in [-0.4, -0.2) is 39.3 Å². The number of aliphatic hydroxyl groups excluding tert-OH is 1. The lowest BCUT2D eigenvalue weighted by atomic mass is 10.2. The molecule has 0 amide bonds. The van der Waals surface area contributed by atoms with Crippen molar-refractivity contribution in [3.05, 3.63) is 15.8 Å². The van der Waals surface area contributed by atoms with E-state index in [9.17, 15) is 13.2 Å². The van der Waals surface area contributed by atoms with Gasteiger partial charge in [-0.3, -0.25) is 0 Å². The first-order chi connectivity index (χ1) is 9.33. The Kier molecular flexibility index (Phi) is 6.12. The maximum Gasteiger partial charge on any atom is 0.349 e. The fourth-order valence-corrected chi connectivity index (χ4v) is 4.76. The van der Waals surface area contributed by atoms with Gasteiger partial charge in [-0.1, -0.05) is 0 Å².